The topological polar surface area (TPSA) is 137 Å². The van der Waals surface area contributed by atoms with E-state index in [-0.39, 0.29) is 34.3 Å². The number of aromatic carboxylic acids is 1. The molecule has 11 nitrogen and oxygen atoms in total. The molecule has 4 heterocycles. The van der Waals surface area contributed by atoms with E-state index < -0.39 is 11.4 Å². The Kier molecular flexibility index (Phi) is 6.89. The van der Waals surface area contributed by atoms with Gasteiger partial charge in [0, 0.05) is 50.5 Å². The number of methoxy groups -OCH3 is 1. The number of Topliss-reactive ketones (excluding diaryl/α,β-unsaturated/α-hetero) is 1. The van der Waals surface area contributed by atoms with Crippen LogP contribution in [0.25, 0.3) is 16.2 Å². The zero-order chi connectivity index (χ0) is 24.4. The number of carbonyl (C=O) groups is 2. The molecule has 4 rings (SSSR count). The van der Waals surface area contributed by atoms with E-state index in [0.29, 0.717) is 55.7 Å². The van der Waals surface area contributed by atoms with Gasteiger partial charge < -0.3 is 19.5 Å². The summed E-state index contributed by atoms with van der Waals surface area (Å²) >= 11 is 0.997. The average molecular weight is 488 g/mol. The van der Waals surface area contributed by atoms with Crippen LogP contribution in [0, 0.1) is 12.8 Å². The largest absolute Gasteiger partial charge is 0.477 e. The number of anilines is 1. The molecule has 12 heteroatoms. The third-order valence-corrected chi connectivity index (χ3v) is 6.43. The second-order valence-corrected chi connectivity index (χ2v) is 8.71. The number of ether oxygens (including phenoxy) is 2. The summed E-state index contributed by atoms with van der Waals surface area (Å²) in [6.07, 6.45) is 2.41. The second kappa shape index (κ2) is 9.85. The molecule has 1 aliphatic rings. The van der Waals surface area contributed by atoms with E-state index in [0.717, 1.165) is 11.5 Å². The molecular formula is C22H25N5O6S. The van der Waals surface area contributed by atoms with Gasteiger partial charge in [0.05, 0.1) is 18.4 Å². The van der Waals surface area contributed by atoms with Crippen molar-refractivity contribution in [3.05, 3.63) is 33.6 Å². The number of ketones is 1. The first-order chi connectivity index (χ1) is 16.3. The fraction of sp³-hybridized carbons (Fsp3) is 0.455. The quantitative estimate of drug-likeness (QED) is 0.423. The van der Waals surface area contributed by atoms with Gasteiger partial charge in [-0.25, -0.2) is 9.78 Å². The summed E-state index contributed by atoms with van der Waals surface area (Å²) in [5, 5.41) is 10.1. The number of nitrogens with zero attached hydrogens (tertiary/aromatic N) is 5. The SMILES string of the molecule is CCOCCCC(=O)C1CN(c2cc(C)c3c(=O)c(C(=O)O)cn(-c4nc(OC)ns4)c3n2)C1. The Bertz CT molecular complexity index is 1300. The lowest BCUT2D eigenvalue weighted by molar-refractivity contribution is -0.123. The Labute approximate surface area is 199 Å². The molecule has 0 radical (unpaired) electrons. The highest BCUT2D eigenvalue weighted by molar-refractivity contribution is 7.08. The van der Waals surface area contributed by atoms with Crippen LogP contribution in [-0.2, 0) is 9.53 Å². The number of hydrogen-bond donors (Lipinski definition) is 1. The highest BCUT2D eigenvalue weighted by Gasteiger charge is 2.33. The lowest BCUT2D eigenvalue weighted by atomic mass is 9.92. The Morgan fingerprint density at radius 1 is 1.29 bits per heavy atom. The maximum absolute atomic E-state index is 12.9. The van der Waals surface area contributed by atoms with E-state index in [2.05, 4.69) is 14.3 Å². The van der Waals surface area contributed by atoms with Gasteiger partial charge in [0.2, 0.25) is 10.6 Å². The van der Waals surface area contributed by atoms with Crippen LogP contribution in [0.15, 0.2) is 17.1 Å². The number of rotatable bonds is 10. The second-order valence-electron chi connectivity index (χ2n) is 7.98. The maximum atomic E-state index is 12.9. The molecular weight excluding hydrogens is 462 g/mol. The molecule has 0 saturated carbocycles. The molecule has 1 aliphatic heterocycles. The van der Waals surface area contributed by atoms with Gasteiger partial charge in [-0.3, -0.25) is 14.2 Å². The smallest absolute Gasteiger partial charge is 0.341 e. The first-order valence-corrected chi connectivity index (χ1v) is 11.6. The lowest BCUT2D eigenvalue weighted by Crippen LogP contribution is -2.51. The van der Waals surface area contributed by atoms with Crippen LogP contribution in [-0.4, -0.2) is 69.2 Å². The van der Waals surface area contributed by atoms with E-state index in [1.807, 2.05) is 11.8 Å². The summed E-state index contributed by atoms with van der Waals surface area (Å²) in [5.41, 5.74) is -0.140. The van der Waals surface area contributed by atoms with Crippen LogP contribution in [0.2, 0.25) is 0 Å². The number of carboxylic acids is 1. The fourth-order valence-corrected chi connectivity index (χ4v) is 4.51. The predicted molar refractivity (Wildman–Crippen MR) is 125 cm³/mol. The number of aryl methyl sites for hydroxylation is 1. The lowest BCUT2D eigenvalue weighted by Gasteiger charge is -2.39. The standard InChI is InChI=1S/C22H25N5O6S/c1-4-33-7-5-6-15(28)13-9-26(10-13)16-8-12(2)17-18(29)14(20(30)31)11-27(19(17)23-16)22-24-21(32-3)25-34-22/h8,11,13H,4-7,9-10H2,1-3H3,(H,30,31). The third kappa shape index (κ3) is 4.50. The maximum Gasteiger partial charge on any atom is 0.341 e. The van der Waals surface area contributed by atoms with Gasteiger partial charge in [-0.05, 0) is 31.9 Å². The van der Waals surface area contributed by atoms with Crippen molar-refractivity contribution in [2.45, 2.75) is 26.7 Å². The van der Waals surface area contributed by atoms with Gasteiger partial charge in [-0.2, -0.15) is 4.98 Å². The van der Waals surface area contributed by atoms with Gasteiger partial charge in [-0.1, -0.05) is 0 Å². The van der Waals surface area contributed by atoms with Crippen LogP contribution in [0.1, 0.15) is 35.7 Å². The molecule has 1 N–H and O–H groups in total. The van der Waals surface area contributed by atoms with Gasteiger partial charge >= 0.3 is 12.0 Å². The Balaban J connectivity index is 1.67. The van der Waals surface area contributed by atoms with Gasteiger partial charge in [0.25, 0.3) is 0 Å². The predicted octanol–water partition coefficient (Wildman–Crippen LogP) is 2.07. The Hall–Kier alpha value is -3.38. The Morgan fingerprint density at radius 2 is 2.06 bits per heavy atom. The molecule has 0 aromatic carbocycles. The number of hydrogen-bond acceptors (Lipinski definition) is 10. The zero-order valence-electron chi connectivity index (χ0n) is 19.1. The molecule has 3 aromatic heterocycles. The molecule has 1 saturated heterocycles. The summed E-state index contributed by atoms with van der Waals surface area (Å²) in [7, 11) is 1.43. The number of carboxylic acid groups (broad SMARTS) is 1. The van der Waals surface area contributed by atoms with Crippen molar-refractivity contribution in [3.63, 3.8) is 0 Å². The summed E-state index contributed by atoms with van der Waals surface area (Å²) in [6.45, 7) is 5.96. The fourth-order valence-electron chi connectivity index (χ4n) is 3.89. The molecule has 0 aliphatic carbocycles. The molecule has 0 atom stereocenters. The molecule has 0 spiro atoms. The van der Waals surface area contributed by atoms with Crippen molar-refractivity contribution in [2.24, 2.45) is 5.92 Å². The number of fused-ring (bicyclic) bond motifs is 1. The molecule has 3 aromatic rings. The molecule has 34 heavy (non-hydrogen) atoms. The molecule has 0 bridgehead atoms. The van der Waals surface area contributed by atoms with Crippen LogP contribution in [0.3, 0.4) is 0 Å². The van der Waals surface area contributed by atoms with E-state index >= 15 is 0 Å². The minimum Gasteiger partial charge on any atom is -0.477 e. The van der Waals surface area contributed by atoms with Gasteiger partial charge in [-0.15, -0.1) is 4.37 Å². The van der Waals surface area contributed by atoms with E-state index in [9.17, 15) is 19.5 Å². The van der Waals surface area contributed by atoms with E-state index in [1.165, 1.54) is 17.9 Å². The van der Waals surface area contributed by atoms with E-state index in [4.69, 9.17) is 9.47 Å². The van der Waals surface area contributed by atoms with Crippen LogP contribution < -0.4 is 15.1 Å². The summed E-state index contributed by atoms with van der Waals surface area (Å²) in [6, 6.07) is 1.88. The van der Waals surface area contributed by atoms with Crippen molar-refractivity contribution in [3.8, 4) is 11.1 Å². The van der Waals surface area contributed by atoms with Crippen LogP contribution in [0.4, 0.5) is 5.82 Å². The Morgan fingerprint density at radius 3 is 2.71 bits per heavy atom. The zero-order valence-corrected chi connectivity index (χ0v) is 19.9. The van der Waals surface area contributed by atoms with Gasteiger partial charge in [0.15, 0.2) is 5.65 Å². The first kappa shape index (κ1) is 23.8. The molecule has 0 amide bonds. The summed E-state index contributed by atoms with van der Waals surface area (Å²) in [5.74, 6) is -0.592. The number of carbonyl (C=O) groups excluding carboxylic acids is 1. The highest BCUT2D eigenvalue weighted by Crippen LogP contribution is 2.29. The van der Waals surface area contributed by atoms with E-state index in [1.54, 1.807) is 13.0 Å². The van der Waals surface area contributed by atoms with Crippen molar-refractivity contribution in [1.82, 2.24) is 18.9 Å². The van der Waals surface area contributed by atoms with Crippen LogP contribution >= 0.6 is 11.5 Å². The van der Waals surface area contributed by atoms with Crippen molar-refractivity contribution in [1.29, 1.82) is 0 Å². The summed E-state index contributed by atoms with van der Waals surface area (Å²) < 4.78 is 15.9. The molecule has 0 unspecified atom stereocenters. The summed E-state index contributed by atoms with van der Waals surface area (Å²) in [4.78, 5) is 48.0. The average Bonchev–Trinajstić information content (AvgIpc) is 3.24. The van der Waals surface area contributed by atoms with Crippen molar-refractivity contribution < 1.29 is 24.2 Å². The molecule has 1 fully saturated rings. The monoisotopic (exact) mass is 487 g/mol. The number of aromatic nitrogens is 4. The van der Waals surface area contributed by atoms with Crippen molar-refractivity contribution in [2.75, 3.05) is 38.3 Å². The number of pyridine rings is 2. The van der Waals surface area contributed by atoms with Crippen molar-refractivity contribution >= 4 is 40.1 Å². The first-order valence-electron chi connectivity index (χ1n) is 10.9. The highest BCUT2D eigenvalue weighted by atomic mass is 32.1. The normalized spacial score (nSPS) is 13.8. The third-order valence-electron chi connectivity index (χ3n) is 5.73. The minimum atomic E-state index is -1.34. The van der Waals surface area contributed by atoms with Crippen LogP contribution in [0.5, 0.6) is 6.01 Å². The molecule has 180 valence electrons. The van der Waals surface area contributed by atoms with Gasteiger partial charge in [0.1, 0.15) is 17.2 Å². The minimum absolute atomic E-state index is 0.0663.